The highest BCUT2D eigenvalue weighted by Crippen LogP contribution is 2.39. The predicted molar refractivity (Wildman–Crippen MR) is 85.1 cm³/mol. The minimum absolute atomic E-state index is 0.332. The molecule has 1 aromatic carbocycles. The van der Waals surface area contributed by atoms with Crippen molar-refractivity contribution in [3.63, 3.8) is 0 Å². The molecule has 2 fully saturated rings. The number of rotatable bonds is 4. The maximum absolute atomic E-state index is 10.7. The van der Waals surface area contributed by atoms with E-state index in [0.717, 1.165) is 38.2 Å². The summed E-state index contributed by atoms with van der Waals surface area (Å²) in [6.45, 7) is 3.32. The van der Waals surface area contributed by atoms with Crippen LogP contribution in [-0.2, 0) is 0 Å². The lowest BCUT2D eigenvalue weighted by molar-refractivity contribution is -0.0942. The van der Waals surface area contributed by atoms with Crippen molar-refractivity contribution in [2.24, 2.45) is 5.92 Å². The lowest BCUT2D eigenvalue weighted by Gasteiger charge is -2.47. The van der Waals surface area contributed by atoms with Gasteiger partial charge >= 0.3 is 0 Å². The number of benzene rings is 1. The number of thioether (sulfide) groups is 1. The van der Waals surface area contributed by atoms with Gasteiger partial charge in [0, 0.05) is 36.2 Å². The van der Waals surface area contributed by atoms with E-state index in [-0.39, 0.29) is 5.60 Å². The fraction of sp³-hybridized carbons (Fsp3) is 0.647. The van der Waals surface area contributed by atoms with Crippen molar-refractivity contribution < 1.29 is 5.11 Å². The van der Waals surface area contributed by atoms with E-state index in [9.17, 15) is 5.11 Å². The average Bonchev–Trinajstić information content (AvgIpc) is 2.48. The van der Waals surface area contributed by atoms with Crippen molar-refractivity contribution in [3.05, 3.63) is 30.3 Å². The van der Waals surface area contributed by atoms with Crippen molar-refractivity contribution >= 4 is 11.8 Å². The standard InChI is InChI=1S/C17H25NOS/c19-17-9-5-4-6-15(17)14-18(11-10-17)12-13-20-16-7-2-1-3-8-16/h1-3,7-8,15,19H,4-6,9-14H2. The van der Waals surface area contributed by atoms with Gasteiger partial charge in [0.25, 0.3) is 0 Å². The van der Waals surface area contributed by atoms with E-state index < -0.39 is 0 Å². The zero-order valence-electron chi connectivity index (χ0n) is 12.1. The van der Waals surface area contributed by atoms with E-state index in [4.69, 9.17) is 0 Å². The molecule has 0 radical (unpaired) electrons. The topological polar surface area (TPSA) is 23.5 Å². The number of hydrogen-bond acceptors (Lipinski definition) is 3. The van der Waals surface area contributed by atoms with Crippen LogP contribution in [0.25, 0.3) is 0 Å². The highest BCUT2D eigenvalue weighted by atomic mass is 32.2. The Bertz CT molecular complexity index is 424. The summed E-state index contributed by atoms with van der Waals surface area (Å²) >= 11 is 1.94. The first-order valence-corrected chi connectivity index (χ1v) is 8.87. The van der Waals surface area contributed by atoms with Crippen LogP contribution in [0.3, 0.4) is 0 Å². The Morgan fingerprint density at radius 2 is 2.05 bits per heavy atom. The van der Waals surface area contributed by atoms with Crippen LogP contribution in [0.4, 0.5) is 0 Å². The summed E-state index contributed by atoms with van der Waals surface area (Å²) in [5.41, 5.74) is -0.332. The Hall–Kier alpha value is -0.510. The van der Waals surface area contributed by atoms with Gasteiger partial charge in [-0.2, -0.15) is 0 Å². The molecule has 1 heterocycles. The third kappa shape index (κ3) is 3.38. The van der Waals surface area contributed by atoms with Crippen LogP contribution in [-0.4, -0.2) is 41.0 Å². The number of hydrogen-bond donors (Lipinski definition) is 1. The first-order valence-electron chi connectivity index (χ1n) is 7.89. The normalized spacial score (nSPS) is 30.9. The Kier molecular flexibility index (Phi) is 4.69. The highest BCUT2D eigenvalue weighted by Gasteiger charge is 2.42. The summed E-state index contributed by atoms with van der Waals surface area (Å²) in [5, 5.41) is 10.7. The number of nitrogens with zero attached hydrogens (tertiary/aromatic N) is 1. The molecule has 1 saturated carbocycles. The van der Waals surface area contributed by atoms with Gasteiger partial charge in [-0.05, 0) is 31.4 Å². The van der Waals surface area contributed by atoms with Gasteiger partial charge in [-0.25, -0.2) is 0 Å². The monoisotopic (exact) mass is 291 g/mol. The Morgan fingerprint density at radius 3 is 2.90 bits per heavy atom. The van der Waals surface area contributed by atoms with Gasteiger partial charge in [-0.3, -0.25) is 0 Å². The summed E-state index contributed by atoms with van der Waals surface area (Å²) < 4.78 is 0. The van der Waals surface area contributed by atoms with E-state index in [1.165, 1.54) is 24.2 Å². The van der Waals surface area contributed by atoms with Crippen molar-refractivity contribution in [2.45, 2.75) is 42.6 Å². The van der Waals surface area contributed by atoms with Gasteiger partial charge in [0.15, 0.2) is 0 Å². The van der Waals surface area contributed by atoms with Crippen molar-refractivity contribution in [1.82, 2.24) is 4.90 Å². The number of aliphatic hydroxyl groups is 1. The molecule has 1 aromatic rings. The van der Waals surface area contributed by atoms with Crippen LogP contribution >= 0.6 is 11.8 Å². The molecule has 1 aliphatic heterocycles. The fourth-order valence-electron chi connectivity index (χ4n) is 3.65. The van der Waals surface area contributed by atoms with Gasteiger partial charge in [0.05, 0.1) is 5.60 Å². The summed E-state index contributed by atoms with van der Waals surface area (Å²) in [4.78, 5) is 3.92. The molecule has 0 spiro atoms. The minimum atomic E-state index is -0.332. The Labute approximate surface area is 126 Å². The molecule has 1 aliphatic carbocycles. The second kappa shape index (κ2) is 6.50. The first kappa shape index (κ1) is 14.4. The van der Waals surface area contributed by atoms with Crippen molar-refractivity contribution in [2.75, 3.05) is 25.4 Å². The molecule has 3 heteroatoms. The van der Waals surface area contributed by atoms with Crippen LogP contribution in [0.15, 0.2) is 35.2 Å². The lowest BCUT2D eigenvalue weighted by atomic mass is 9.71. The van der Waals surface area contributed by atoms with Gasteiger partial charge in [0.1, 0.15) is 0 Å². The smallest absolute Gasteiger partial charge is 0.0700 e. The minimum Gasteiger partial charge on any atom is -0.390 e. The molecule has 3 rings (SSSR count). The van der Waals surface area contributed by atoms with Crippen LogP contribution in [0.5, 0.6) is 0 Å². The molecule has 0 bridgehead atoms. The molecule has 2 atom stereocenters. The summed E-state index contributed by atoms with van der Waals surface area (Å²) in [6.07, 6.45) is 5.76. The molecule has 1 N–H and O–H groups in total. The fourth-order valence-corrected chi connectivity index (χ4v) is 4.59. The van der Waals surface area contributed by atoms with Gasteiger partial charge in [-0.1, -0.05) is 31.0 Å². The largest absolute Gasteiger partial charge is 0.390 e. The number of likely N-dealkylation sites (tertiary alicyclic amines) is 1. The molecule has 1 saturated heterocycles. The Morgan fingerprint density at radius 1 is 1.20 bits per heavy atom. The van der Waals surface area contributed by atoms with E-state index in [1.54, 1.807) is 0 Å². The molecule has 0 aromatic heterocycles. The third-order valence-corrected chi connectivity index (χ3v) is 5.92. The van der Waals surface area contributed by atoms with Gasteiger partial charge < -0.3 is 10.0 Å². The molecule has 0 amide bonds. The molecular weight excluding hydrogens is 266 g/mol. The maximum atomic E-state index is 10.7. The molecular formula is C17H25NOS. The summed E-state index contributed by atoms with van der Waals surface area (Å²) in [7, 11) is 0. The summed E-state index contributed by atoms with van der Waals surface area (Å²) in [5.74, 6) is 1.67. The molecule has 2 unspecified atom stereocenters. The Balaban J connectivity index is 1.45. The van der Waals surface area contributed by atoms with Crippen molar-refractivity contribution in [3.8, 4) is 0 Å². The molecule has 2 nitrogen and oxygen atoms in total. The molecule has 110 valence electrons. The zero-order chi connectivity index (χ0) is 13.8. The zero-order valence-corrected chi connectivity index (χ0v) is 12.9. The van der Waals surface area contributed by atoms with E-state index in [2.05, 4.69) is 35.2 Å². The average molecular weight is 291 g/mol. The molecule has 2 aliphatic rings. The van der Waals surface area contributed by atoms with E-state index >= 15 is 0 Å². The second-order valence-electron chi connectivity index (χ2n) is 6.26. The van der Waals surface area contributed by atoms with Gasteiger partial charge in [-0.15, -0.1) is 11.8 Å². The second-order valence-corrected chi connectivity index (χ2v) is 7.43. The molecule has 20 heavy (non-hydrogen) atoms. The van der Waals surface area contributed by atoms with Crippen LogP contribution in [0.1, 0.15) is 32.1 Å². The number of piperidine rings is 1. The SMILES string of the molecule is OC12CCCCC1CN(CCSc1ccccc1)CC2. The van der Waals surface area contributed by atoms with Crippen LogP contribution in [0.2, 0.25) is 0 Å². The first-order chi connectivity index (χ1) is 9.76. The van der Waals surface area contributed by atoms with Crippen molar-refractivity contribution in [1.29, 1.82) is 0 Å². The van der Waals surface area contributed by atoms with Crippen LogP contribution < -0.4 is 0 Å². The van der Waals surface area contributed by atoms with Crippen LogP contribution in [0, 0.1) is 5.92 Å². The summed E-state index contributed by atoms with van der Waals surface area (Å²) in [6, 6.07) is 10.6. The quantitative estimate of drug-likeness (QED) is 0.860. The van der Waals surface area contributed by atoms with E-state index in [0.29, 0.717) is 5.92 Å². The predicted octanol–water partition coefficient (Wildman–Crippen LogP) is 3.41. The lowest BCUT2D eigenvalue weighted by Crippen LogP contribution is -2.53. The van der Waals surface area contributed by atoms with E-state index in [1.807, 2.05) is 11.8 Å². The maximum Gasteiger partial charge on any atom is 0.0700 e. The number of fused-ring (bicyclic) bond motifs is 1. The highest BCUT2D eigenvalue weighted by molar-refractivity contribution is 7.99. The third-order valence-electron chi connectivity index (χ3n) is 4.93. The van der Waals surface area contributed by atoms with Gasteiger partial charge in [0.2, 0.25) is 0 Å².